The van der Waals surface area contributed by atoms with Crippen molar-refractivity contribution in [2.24, 2.45) is 28.7 Å². The molecule has 0 saturated carbocycles. The molecule has 0 saturated heterocycles. The largest absolute Gasteiger partial charge is 0.462 e. The molecule has 0 aliphatic rings. The van der Waals surface area contributed by atoms with Gasteiger partial charge in [-0.3, -0.25) is 38.4 Å². The Kier molecular flexibility index (Phi) is 68.6. The summed E-state index contributed by atoms with van der Waals surface area (Å²) in [5.74, 6) is -4.84. The number of benzene rings is 1. The van der Waals surface area contributed by atoms with Crippen molar-refractivity contribution < 1.29 is 52.6 Å². The molecule has 24 heteroatoms. The van der Waals surface area contributed by atoms with E-state index in [9.17, 15) is 33.6 Å². The van der Waals surface area contributed by atoms with Gasteiger partial charge in [0.15, 0.2) is 0 Å². The number of thioether (sulfide) groups is 1. The Morgan fingerprint density at radius 2 is 0.664 bits per heavy atom. The number of hydrogen-bond acceptors (Lipinski definition) is 16. The van der Waals surface area contributed by atoms with Crippen molar-refractivity contribution in [3.63, 3.8) is 0 Å². The Labute approximate surface area is 670 Å². The minimum absolute atomic E-state index is 0.0239. The summed E-state index contributed by atoms with van der Waals surface area (Å²) < 4.78 is 11.9. The van der Waals surface area contributed by atoms with Crippen LogP contribution in [0.1, 0.15) is 360 Å². The first-order chi connectivity index (χ1) is 53.6. The van der Waals surface area contributed by atoms with Crippen molar-refractivity contribution >= 4 is 65.2 Å². The van der Waals surface area contributed by atoms with Crippen LogP contribution in [0, 0.1) is 0 Å². The van der Waals surface area contributed by atoms with Gasteiger partial charge in [0.2, 0.25) is 35.4 Å². The lowest BCUT2D eigenvalue weighted by molar-refractivity contribution is -0.157. The van der Waals surface area contributed by atoms with Gasteiger partial charge in [0.25, 0.3) is 0 Å². The molecular weight excluding hydrogens is 1410 g/mol. The van der Waals surface area contributed by atoms with Crippen molar-refractivity contribution in [3.05, 3.63) is 35.9 Å². The van der Waals surface area contributed by atoms with Gasteiger partial charge >= 0.3 is 18.0 Å². The summed E-state index contributed by atoms with van der Waals surface area (Å²) in [5, 5.41) is 20.0. The van der Waals surface area contributed by atoms with Gasteiger partial charge in [0.1, 0.15) is 49.0 Å². The van der Waals surface area contributed by atoms with Crippen LogP contribution >= 0.6 is 11.8 Å². The first-order valence-electron chi connectivity index (χ1n) is 44.2. The highest BCUT2D eigenvalue weighted by molar-refractivity contribution is 7.99. The lowest BCUT2D eigenvalue weighted by atomic mass is 10.0. The highest BCUT2D eigenvalue weighted by Gasteiger charge is 2.34. The highest BCUT2D eigenvalue weighted by atomic mass is 32.2. The summed E-state index contributed by atoms with van der Waals surface area (Å²) in [7, 11) is 0. The molecular formula is C86H160N12O11S. The lowest BCUT2D eigenvalue weighted by Gasteiger charge is -2.28. The fourth-order valence-corrected chi connectivity index (χ4v) is 14.6. The molecule has 0 aliphatic heterocycles. The molecule has 0 fully saturated rings. The molecule has 1 unspecified atom stereocenters. The van der Waals surface area contributed by atoms with Gasteiger partial charge in [-0.25, -0.2) is 4.79 Å². The van der Waals surface area contributed by atoms with E-state index in [1.165, 1.54) is 179 Å². The third-order valence-electron chi connectivity index (χ3n) is 20.5. The maximum atomic E-state index is 15.0. The Bertz CT molecular complexity index is 2470. The lowest BCUT2D eigenvalue weighted by Crippen LogP contribution is -2.60. The van der Waals surface area contributed by atoms with Gasteiger partial charge in [-0.15, -0.1) is 0 Å². The second-order valence-electron chi connectivity index (χ2n) is 30.7. The minimum Gasteiger partial charge on any atom is -0.462 e. The Balaban J connectivity index is 3.60. The molecule has 0 bridgehead atoms. The number of hydrogen-bond donors (Lipinski definition) is 12. The van der Waals surface area contributed by atoms with Gasteiger partial charge in [-0.1, -0.05) is 276 Å². The number of unbranched alkanes of at least 4 members (excludes halogenated alkanes) is 39. The number of esters is 2. The number of urea groups is 1. The van der Waals surface area contributed by atoms with E-state index in [1.807, 2.05) is 18.2 Å². The molecule has 1 aromatic rings. The molecule has 8 amide bonds. The smallest absolute Gasteiger partial charge is 0.315 e. The fourth-order valence-electron chi connectivity index (χ4n) is 13.6. The van der Waals surface area contributed by atoms with Crippen LogP contribution in [0.4, 0.5) is 4.79 Å². The molecule has 23 nitrogen and oxygen atoms in total. The van der Waals surface area contributed by atoms with Crippen molar-refractivity contribution in [2.75, 3.05) is 50.8 Å². The van der Waals surface area contributed by atoms with E-state index in [1.54, 1.807) is 12.1 Å². The molecule has 0 aromatic heterocycles. The Morgan fingerprint density at radius 3 is 1.04 bits per heavy atom. The van der Waals surface area contributed by atoms with E-state index in [2.05, 4.69) is 58.0 Å². The highest BCUT2D eigenvalue weighted by Crippen LogP contribution is 2.20. The third-order valence-corrected chi connectivity index (χ3v) is 21.7. The summed E-state index contributed by atoms with van der Waals surface area (Å²) in [6.45, 7) is 8.23. The van der Waals surface area contributed by atoms with Gasteiger partial charge in [0, 0.05) is 37.3 Å². The fraction of sp³-hybridized carbons (Fsp3) is 0.826. The SMILES string of the molecule is CCCCCCCCCCCCCCCC(=O)OCC(CSC[C@H](NC(=O)NCCCCCCCCCCCCCC)C(=O)N[C@@H](Cc1ccccc1)C(=O)N[C@@H](CCCCN)C(=O)N[C@@H](CCCCN)C(=O)N[C@@H](CCCCN)C(=O)N[C@@H](CCCCN)C(N)=O)OC(=O)CCCCCCCCCCCCCCC. The number of ether oxygens (including phenoxy) is 2. The van der Waals surface area contributed by atoms with Crippen molar-refractivity contribution in [3.8, 4) is 0 Å². The van der Waals surface area contributed by atoms with Crippen LogP contribution < -0.4 is 65.9 Å². The Hall–Kier alpha value is -5.56. The predicted molar refractivity (Wildman–Crippen MR) is 451 cm³/mol. The zero-order valence-corrected chi connectivity index (χ0v) is 70.2. The second-order valence-corrected chi connectivity index (χ2v) is 31.8. The number of carbonyl (C=O) groups is 9. The first kappa shape index (κ1) is 102. The summed E-state index contributed by atoms with van der Waals surface area (Å²) in [5.41, 5.74) is 29.8. The van der Waals surface area contributed by atoms with Gasteiger partial charge in [-0.2, -0.15) is 11.8 Å². The minimum atomic E-state index is -1.31. The van der Waals surface area contributed by atoms with Crippen LogP contribution in [0.5, 0.6) is 0 Å². The predicted octanol–water partition coefficient (Wildman–Crippen LogP) is 14.2. The Morgan fingerprint density at radius 1 is 0.345 bits per heavy atom. The topological polar surface area (TPSA) is 386 Å². The molecule has 0 radical (unpaired) electrons. The van der Waals surface area contributed by atoms with Gasteiger partial charge in [-0.05, 0) is 128 Å². The van der Waals surface area contributed by atoms with Crippen LogP contribution in [0.3, 0.4) is 0 Å². The van der Waals surface area contributed by atoms with E-state index < -0.39 is 89.8 Å². The summed E-state index contributed by atoms with van der Waals surface area (Å²) >= 11 is 1.24. The van der Waals surface area contributed by atoms with Crippen molar-refractivity contribution in [1.29, 1.82) is 0 Å². The summed E-state index contributed by atoms with van der Waals surface area (Å²) in [6.07, 6.45) is 48.5. The summed E-state index contributed by atoms with van der Waals surface area (Å²) in [4.78, 5) is 127. The van der Waals surface area contributed by atoms with E-state index >= 15 is 9.59 Å². The van der Waals surface area contributed by atoms with Crippen molar-refractivity contribution in [2.45, 2.75) is 403 Å². The average Bonchev–Trinajstić information content (AvgIpc) is 0.856. The third kappa shape index (κ3) is 58.3. The zero-order valence-electron chi connectivity index (χ0n) is 69.3. The van der Waals surface area contributed by atoms with Crippen LogP contribution in [0.15, 0.2) is 30.3 Å². The van der Waals surface area contributed by atoms with Crippen LogP contribution in [-0.4, -0.2) is 147 Å². The quantitative estimate of drug-likeness (QED) is 0.0213. The molecule has 0 heterocycles. The molecule has 110 heavy (non-hydrogen) atoms. The molecule has 1 aromatic carbocycles. The summed E-state index contributed by atoms with van der Waals surface area (Å²) in [6, 6.07) is 1.33. The van der Waals surface area contributed by atoms with E-state index in [-0.39, 0.29) is 69.0 Å². The second kappa shape index (κ2) is 73.6. The maximum absolute atomic E-state index is 15.0. The first-order valence-corrected chi connectivity index (χ1v) is 45.3. The molecule has 0 aliphatic carbocycles. The van der Waals surface area contributed by atoms with Crippen molar-refractivity contribution in [1.82, 2.24) is 37.2 Å². The van der Waals surface area contributed by atoms with Gasteiger partial charge < -0.3 is 75.4 Å². The number of nitrogens with two attached hydrogens (primary N) is 5. The number of nitrogens with one attached hydrogen (secondary N) is 7. The zero-order chi connectivity index (χ0) is 80.6. The number of rotatable bonds is 78. The number of amides is 8. The number of primary amides is 1. The van der Waals surface area contributed by atoms with E-state index in [0.717, 1.165) is 64.2 Å². The van der Waals surface area contributed by atoms with E-state index in [0.29, 0.717) is 102 Å². The van der Waals surface area contributed by atoms with E-state index in [4.69, 9.17) is 38.1 Å². The van der Waals surface area contributed by atoms with Crippen LogP contribution in [0.2, 0.25) is 0 Å². The monoisotopic (exact) mass is 1570 g/mol. The van der Waals surface area contributed by atoms with Gasteiger partial charge in [0.05, 0.1) is 0 Å². The normalized spacial score (nSPS) is 13.2. The average molecular weight is 1570 g/mol. The maximum Gasteiger partial charge on any atom is 0.315 e. The molecule has 636 valence electrons. The molecule has 17 N–H and O–H groups in total. The van der Waals surface area contributed by atoms with Crippen LogP contribution in [-0.2, 0) is 54.3 Å². The molecule has 7 atom stereocenters. The molecule has 0 spiro atoms. The standard InChI is InChI=1S/C86H160N12O11S/c1-4-7-10-13-16-19-22-25-27-30-33-36-42-59-78(99)108-67-71(109-79(100)60-43-37-34-31-28-26-23-20-17-14-11-8-5-2)68-110-69-77(98-86(107)92-65-52-38-35-32-29-24-21-18-15-12-9-6-3)85(106)97-76(66-70-53-40-39-41-54-70)84(105)96-75(58-47-51-64-90)83(104)95-74(57-46-50-63-89)82(103)94-73(56-45-49-62-88)81(102)93-72(80(91)101)55-44-48-61-87/h39-41,53-54,71-77H,4-38,42-52,55-69,87-90H2,1-3H3,(H2,91,101)(H,93,102)(H,94,103)(H,95,104)(H,96,105)(H,97,106)(H2,92,98,107)/t71?,72-,73-,74-,75-,76-,77-/m0/s1. The number of carbonyl (C=O) groups excluding carboxylic acids is 9. The molecule has 1 rings (SSSR count). The van der Waals surface area contributed by atoms with Crippen LogP contribution in [0.25, 0.3) is 0 Å².